The minimum absolute atomic E-state index is 0. The molecule has 1 N–H and O–H groups in total. The first-order valence-corrected chi connectivity index (χ1v) is 14.2. The monoisotopic (exact) mass is 529 g/mol. The molecule has 38 heavy (non-hydrogen) atoms. The van der Waals surface area contributed by atoms with Gasteiger partial charge >= 0.3 is 0 Å². The fourth-order valence-electron chi connectivity index (χ4n) is 6.01. The molecule has 5 rings (SSSR count). The molecule has 0 saturated carbocycles. The highest BCUT2D eigenvalue weighted by Crippen LogP contribution is 2.30. The molecule has 1 heterocycles. The van der Waals surface area contributed by atoms with Gasteiger partial charge in [-0.05, 0) is 98.9 Å². The quantitative estimate of drug-likeness (QED) is 0.319. The van der Waals surface area contributed by atoms with Gasteiger partial charge in [-0.15, -0.1) is 12.4 Å². The highest BCUT2D eigenvalue weighted by Gasteiger charge is 2.26. The third-order valence-electron chi connectivity index (χ3n) is 8.48. The average molecular weight is 530 g/mol. The van der Waals surface area contributed by atoms with Crippen molar-refractivity contribution in [3.8, 4) is 11.1 Å². The Labute approximate surface area is 235 Å². The summed E-state index contributed by atoms with van der Waals surface area (Å²) in [6, 6.07) is 23.8. The van der Waals surface area contributed by atoms with Crippen molar-refractivity contribution in [1.29, 1.82) is 0 Å². The smallest absolute Gasteiger partial charge is 0.251 e. The van der Waals surface area contributed by atoms with Gasteiger partial charge in [-0.25, -0.2) is 0 Å². The Hall–Kier alpha value is -2.88. The van der Waals surface area contributed by atoms with E-state index in [9.17, 15) is 4.79 Å². The lowest BCUT2D eigenvalue weighted by molar-refractivity contribution is -0.940. The van der Waals surface area contributed by atoms with Gasteiger partial charge in [-0.3, -0.25) is 4.79 Å². The Morgan fingerprint density at radius 2 is 1.47 bits per heavy atom. The van der Waals surface area contributed by atoms with Crippen LogP contribution in [0.2, 0.25) is 0 Å². The minimum atomic E-state index is 0. The van der Waals surface area contributed by atoms with Gasteiger partial charge in [0.1, 0.15) is 6.54 Å². The number of likely N-dealkylation sites (tertiary alicyclic amines) is 1. The Morgan fingerprint density at radius 1 is 0.816 bits per heavy atom. The molecular weight excluding hydrogens is 488 g/mol. The van der Waals surface area contributed by atoms with Crippen LogP contribution >= 0.6 is 12.4 Å². The maximum absolute atomic E-state index is 13.2. The first-order chi connectivity index (χ1) is 18.0. The molecule has 200 valence electrons. The van der Waals surface area contributed by atoms with Crippen LogP contribution in [0.15, 0.2) is 72.3 Å². The molecule has 1 fully saturated rings. The number of nitrogens with one attached hydrogen (secondary N) is 1. The van der Waals surface area contributed by atoms with Crippen molar-refractivity contribution in [3.63, 3.8) is 0 Å². The third-order valence-corrected chi connectivity index (χ3v) is 8.48. The van der Waals surface area contributed by atoms with E-state index in [2.05, 4.69) is 92.0 Å². The predicted molar refractivity (Wildman–Crippen MR) is 163 cm³/mol. The zero-order chi connectivity index (χ0) is 25.7. The van der Waals surface area contributed by atoms with E-state index < -0.39 is 0 Å². The summed E-state index contributed by atoms with van der Waals surface area (Å²) in [5.74, 6) is 0.0139. The molecule has 3 nitrogen and oxygen atoms in total. The van der Waals surface area contributed by atoms with E-state index in [4.69, 9.17) is 0 Å². The number of carbonyl (C=O) groups excluding carboxylic acids is 1. The number of aryl methyl sites for hydroxylation is 2. The van der Waals surface area contributed by atoms with Crippen LogP contribution in [0.3, 0.4) is 0 Å². The summed E-state index contributed by atoms with van der Waals surface area (Å²) in [6.45, 7) is 9.32. The second kappa shape index (κ2) is 12.8. The molecule has 1 aliphatic carbocycles. The lowest BCUT2D eigenvalue weighted by atomic mass is 9.89. The number of nitrogens with zero attached hydrogens (tertiary/aromatic N) is 1. The van der Waals surface area contributed by atoms with Gasteiger partial charge in [0.2, 0.25) is 0 Å². The number of halogens is 1. The second-order valence-electron chi connectivity index (χ2n) is 11.1. The number of anilines is 1. The van der Waals surface area contributed by atoms with E-state index in [1.54, 1.807) is 0 Å². The van der Waals surface area contributed by atoms with Crippen LogP contribution in [0.4, 0.5) is 5.69 Å². The minimum Gasteiger partial charge on any atom is -0.322 e. The van der Waals surface area contributed by atoms with Crippen molar-refractivity contribution >= 4 is 30.1 Å². The number of carbonyl (C=O) groups is 1. The summed E-state index contributed by atoms with van der Waals surface area (Å²) >= 11 is 0. The normalized spacial score (nSPS) is 16.7. The third kappa shape index (κ3) is 6.76. The summed E-state index contributed by atoms with van der Waals surface area (Å²) in [6.07, 6.45) is 10.6. The largest absolute Gasteiger partial charge is 0.322 e. The lowest BCUT2D eigenvalue weighted by Gasteiger charge is -2.39. The summed E-state index contributed by atoms with van der Waals surface area (Å²) in [5.41, 5.74) is 9.24. The fourth-order valence-corrected chi connectivity index (χ4v) is 6.01. The Bertz CT molecular complexity index is 1250. The molecule has 3 aromatic rings. The fraction of sp³-hybridized carbons (Fsp3) is 0.382. The number of benzene rings is 3. The maximum atomic E-state index is 13.2. The van der Waals surface area contributed by atoms with Crippen molar-refractivity contribution in [2.75, 3.05) is 25.0 Å². The van der Waals surface area contributed by atoms with Crippen molar-refractivity contribution < 1.29 is 9.28 Å². The van der Waals surface area contributed by atoms with Gasteiger partial charge in [-0.2, -0.15) is 0 Å². The maximum Gasteiger partial charge on any atom is 0.251 e. The van der Waals surface area contributed by atoms with Crippen LogP contribution in [-0.4, -0.2) is 30.0 Å². The molecule has 0 bridgehead atoms. The summed E-state index contributed by atoms with van der Waals surface area (Å²) in [4.78, 5) is 13.2. The summed E-state index contributed by atoms with van der Waals surface area (Å²) < 4.78 is 1.20. The summed E-state index contributed by atoms with van der Waals surface area (Å²) in [5, 5.41) is 3.16. The predicted octanol–water partition coefficient (Wildman–Crippen LogP) is 8.35. The van der Waals surface area contributed by atoms with Crippen molar-refractivity contribution in [2.24, 2.45) is 0 Å². The first-order valence-electron chi connectivity index (χ1n) is 14.2. The van der Waals surface area contributed by atoms with E-state index >= 15 is 0 Å². The van der Waals surface area contributed by atoms with Crippen molar-refractivity contribution in [3.05, 3.63) is 94.6 Å². The van der Waals surface area contributed by atoms with Crippen molar-refractivity contribution in [2.45, 2.75) is 65.3 Å². The number of hydrogen-bond donors (Lipinski definition) is 1. The van der Waals surface area contributed by atoms with E-state index in [1.165, 1.54) is 84.0 Å². The van der Waals surface area contributed by atoms with Gasteiger partial charge < -0.3 is 9.80 Å². The Balaban J connectivity index is 0.00000336. The molecule has 4 heteroatoms. The Morgan fingerprint density at radius 3 is 2.16 bits per heavy atom. The zero-order valence-corrected chi connectivity index (χ0v) is 23.8. The highest BCUT2D eigenvalue weighted by atomic mass is 35.5. The molecule has 0 radical (unpaired) electrons. The van der Waals surface area contributed by atoms with E-state index in [-0.39, 0.29) is 18.3 Å². The molecule has 1 amide bonds. The van der Waals surface area contributed by atoms with Gasteiger partial charge in [0.25, 0.3) is 5.91 Å². The number of rotatable bonds is 6. The SMILES string of the molecule is CC[N+]1(Cc2ccc(NC(=O)C3=Cc4cc(-c5ccc(C)cc5)ccc4CC3)cc2)CCCCCCC1.Cl. The number of amides is 1. The molecule has 0 spiro atoms. The number of quaternary nitrogens is 1. The molecule has 1 aliphatic heterocycles. The van der Waals surface area contributed by atoms with Gasteiger partial charge in [-0.1, -0.05) is 60.5 Å². The van der Waals surface area contributed by atoms with Gasteiger partial charge in [0, 0.05) is 16.8 Å². The number of fused-ring (bicyclic) bond motifs is 1. The molecular formula is C34H42ClN2O+. The van der Waals surface area contributed by atoms with Crippen molar-refractivity contribution in [1.82, 2.24) is 0 Å². The molecule has 3 aromatic carbocycles. The van der Waals surface area contributed by atoms with Crippen LogP contribution in [0, 0.1) is 6.92 Å². The summed E-state index contributed by atoms with van der Waals surface area (Å²) in [7, 11) is 0. The first kappa shape index (κ1) is 28.1. The van der Waals surface area contributed by atoms with Gasteiger partial charge in [0.15, 0.2) is 0 Å². The van der Waals surface area contributed by atoms with E-state index in [0.29, 0.717) is 0 Å². The van der Waals surface area contributed by atoms with E-state index in [0.717, 1.165) is 36.2 Å². The zero-order valence-electron chi connectivity index (χ0n) is 23.0. The highest BCUT2D eigenvalue weighted by molar-refractivity contribution is 6.07. The van der Waals surface area contributed by atoms with Crippen LogP contribution < -0.4 is 5.32 Å². The van der Waals surface area contributed by atoms with Crippen LogP contribution in [-0.2, 0) is 17.8 Å². The molecule has 0 unspecified atom stereocenters. The Kier molecular flexibility index (Phi) is 9.46. The second-order valence-corrected chi connectivity index (χ2v) is 11.1. The van der Waals surface area contributed by atoms with Crippen LogP contribution in [0.5, 0.6) is 0 Å². The van der Waals surface area contributed by atoms with Crippen LogP contribution in [0.25, 0.3) is 17.2 Å². The molecule has 2 aliphatic rings. The molecule has 0 aromatic heterocycles. The van der Waals surface area contributed by atoms with E-state index in [1.807, 2.05) is 0 Å². The molecule has 1 saturated heterocycles. The van der Waals surface area contributed by atoms with Crippen LogP contribution in [0.1, 0.15) is 67.7 Å². The number of hydrogen-bond acceptors (Lipinski definition) is 1. The topological polar surface area (TPSA) is 29.1 Å². The molecule has 0 atom stereocenters. The standard InChI is InChI=1S/C34H40N2O.ClH/c1-3-36(21-7-5-4-6-8-22-36)25-27-11-19-33(20-12-27)35-34(37)31-18-16-29-15-17-30(23-32(29)24-31)28-13-9-26(2)10-14-28;/h9-15,17,19-20,23-24H,3-8,16,18,21-22,25H2,1-2H3;1H/p+1. The van der Waals surface area contributed by atoms with Gasteiger partial charge in [0.05, 0.1) is 19.6 Å². The average Bonchev–Trinajstić information content (AvgIpc) is 2.91. The lowest BCUT2D eigenvalue weighted by Crippen LogP contribution is -2.49.